The second kappa shape index (κ2) is 9.93. The zero-order chi connectivity index (χ0) is 25.3. The Morgan fingerprint density at radius 1 is 1.11 bits per heavy atom. The highest BCUT2D eigenvalue weighted by atomic mass is 32.2. The van der Waals surface area contributed by atoms with Crippen LogP contribution >= 0.6 is 11.8 Å². The van der Waals surface area contributed by atoms with Crippen LogP contribution in [-0.4, -0.2) is 46.6 Å². The van der Waals surface area contributed by atoms with Gasteiger partial charge in [-0.05, 0) is 43.9 Å². The molecule has 2 N–H and O–H groups in total. The molecule has 0 saturated carbocycles. The van der Waals surface area contributed by atoms with Crippen LogP contribution in [0.3, 0.4) is 0 Å². The first-order valence-electron chi connectivity index (χ1n) is 11.9. The van der Waals surface area contributed by atoms with E-state index in [9.17, 15) is 14.4 Å². The molecule has 0 aliphatic carbocycles. The van der Waals surface area contributed by atoms with Crippen molar-refractivity contribution in [2.75, 3.05) is 7.11 Å². The van der Waals surface area contributed by atoms with E-state index in [4.69, 9.17) is 4.74 Å². The van der Waals surface area contributed by atoms with E-state index in [0.717, 1.165) is 11.1 Å². The summed E-state index contributed by atoms with van der Waals surface area (Å²) in [4.78, 5) is 41.8. The predicted molar refractivity (Wildman–Crippen MR) is 137 cm³/mol. The molecule has 2 heterocycles. The lowest BCUT2D eigenvalue weighted by atomic mass is 9.98. The van der Waals surface area contributed by atoms with Crippen LogP contribution in [0.25, 0.3) is 0 Å². The van der Waals surface area contributed by atoms with Crippen LogP contribution in [0.15, 0.2) is 48.5 Å². The van der Waals surface area contributed by atoms with Crippen LogP contribution in [0.5, 0.6) is 5.75 Å². The van der Waals surface area contributed by atoms with Gasteiger partial charge in [0, 0.05) is 22.4 Å². The third-order valence-electron chi connectivity index (χ3n) is 6.53. The fraction of sp³-hybridized carbons (Fsp3) is 0.444. The molecule has 3 atom stereocenters. The molecule has 2 aliphatic heterocycles. The van der Waals surface area contributed by atoms with Crippen LogP contribution in [-0.2, 0) is 16.1 Å². The average Bonchev–Trinajstić information content (AvgIpc) is 3.25. The Hall–Kier alpha value is -3.00. The molecule has 2 aliphatic rings. The van der Waals surface area contributed by atoms with Crippen molar-refractivity contribution in [2.45, 2.75) is 62.9 Å². The van der Waals surface area contributed by atoms with E-state index in [1.807, 2.05) is 76.2 Å². The average molecular weight is 496 g/mol. The highest BCUT2D eigenvalue weighted by molar-refractivity contribution is 8.01. The van der Waals surface area contributed by atoms with Crippen LogP contribution < -0.4 is 15.4 Å². The number of hydrogen-bond acceptors (Lipinski definition) is 5. The topological polar surface area (TPSA) is 87.7 Å². The summed E-state index contributed by atoms with van der Waals surface area (Å²) in [6.45, 7) is 8.28. The van der Waals surface area contributed by atoms with E-state index < -0.39 is 16.8 Å². The second-order valence-corrected chi connectivity index (χ2v) is 11.7. The fourth-order valence-electron chi connectivity index (χ4n) is 4.91. The molecule has 0 bridgehead atoms. The maximum absolute atomic E-state index is 13.7. The number of nitrogens with one attached hydrogen (secondary N) is 2. The molecule has 2 aromatic rings. The molecule has 4 rings (SSSR count). The van der Waals surface area contributed by atoms with Crippen LogP contribution in [0.4, 0.5) is 0 Å². The standard InChI is InChI=1S/C27H33N3O4S/c1-16(2)14-20(23(31)28-15-17-10-6-9-13-21(17)34-5)29-24(32)22-27(3,4)35-26-19-12-8-7-11-18(19)25(33)30(22)26/h6-13,16,20,22,26H,14-15H2,1-5H3,(H,28,31)(H,29,32)/t20-,22+,26-/m0/s1. The normalized spacial score (nSPS) is 20.9. The fourth-order valence-corrected chi connectivity index (χ4v) is 6.50. The van der Waals surface area contributed by atoms with Crippen LogP contribution in [0.2, 0.25) is 0 Å². The number of fused-ring (bicyclic) bond motifs is 3. The minimum absolute atomic E-state index is 0.134. The van der Waals surface area contributed by atoms with Crippen molar-refractivity contribution in [1.29, 1.82) is 0 Å². The Morgan fingerprint density at radius 3 is 2.51 bits per heavy atom. The van der Waals surface area contributed by atoms with Gasteiger partial charge in [0.15, 0.2) is 0 Å². The van der Waals surface area contributed by atoms with Gasteiger partial charge < -0.3 is 20.3 Å². The third-order valence-corrected chi connectivity index (χ3v) is 8.07. The van der Waals surface area contributed by atoms with Crippen molar-refractivity contribution in [3.05, 3.63) is 65.2 Å². The molecule has 186 valence electrons. The van der Waals surface area contributed by atoms with Gasteiger partial charge in [-0.3, -0.25) is 14.4 Å². The van der Waals surface area contributed by atoms with Gasteiger partial charge >= 0.3 is 0 Å². The molecule has 8 heteroatoms. The van der Waals surface area contributed by atoms with Crippen molar-refractivity contribution >= 4 is 29.5 Å². The minimum atomic E-state index is -0.711. The van der Waals surface area contributed by atoms with E-state index in [2.05, 4.69) is 10.6 Å². The van der Waals surface area contributed by atoms with E-state index in [1.54, 1.807) is 23.8 Å². The Kier molecular flexibility index (Phi) is 7.12. The summed E-state index contributed by atoms with van der Waals surface area (Å²) in [5.74, 6) is 0.192. The first kappa shape index (κ1) is 25.1. The summed E-state index contributed by atoms with van der Waals surface area (Å²) < 4.78 is 4.87. The Balaban J connectivity index is 1.51. The molecule has 35 heavy (non-hydrogen) atoms. The summed E-state index contributed by atoms with van der Waals surface area (Å²) >= 11 is 1.61. The summed E-state index contributed by atoms with van der Waals surface area (Å²) in [6.07, 6.45) is 0.487. The van der Waals surface area contributed by atoms with E-state index >= 15 is 0 Å². The highest BCUT2D eigenvalue weighted by Crippen LogP contribution is 2.56. The number of para-hydroxylation sites is 1. The molecule has 3 amide bonds. The second-order valence-electron chi connectivity index (χ2n) is 10.00. The van der Waals surface area contributed by atoms with Gasteiger partial charge in [-0.1, -0.05) is 50.2 Å². The number of carbonyl (C=O) groups excluding carboxylic acids is 3. The number of nitrogens with zero attached hydrogens (tertiary/aromatic N) is 1. The molecule has 0 spiro atoms. The van der Waals surface area contributed by atoms with E-state index in [-0.39, 0.29) is 29.0 Å². The molecular formula is C27H33N3O4S. The molecule has 2 aromatic carbocycles. The summed E-state index contributed by atoms with van der Waals surface area (Å²) in [6, 6.07) is 13.6. The zero-order valence-electron chi connectivity index (χ0n) is 20.8. The largest absolute Gasteiger partial charge is 0.496 e. The lowest BCUT2D eigenvalue weighted by Gasteiger charge is -2.31. The number of ether oxygens (including phenoxy) is 1. The van der Waals surface area contributed by atoms with Gasteiger partial charge in [-0.15, -0.1) is 11.8 Å². The lowest BCUT2D eigenvalue weighted by molar-refractivity contribution is -0.132. The van der Waals surface area contributed by atoms with Crippen molar-refractivity contribution in [2.24, 2.45) is 5.92 Å². The maximum Gasteiger partial charge on any atom is 0.256 e. The van der Waals surface area contributed by atoms with E-state index in [1.165, 1.54) is 0 Å². The molecule has 1 fully saturated rings. The molecule has 0 aromatic heterocycles. The number of rotatable bonds is 8. The van der Waals surface area contributed by atoms with Gasteiger partial charge in [0.25, 0.3) is 5.91 Å². The lowest BCUT2D eigenvalue weighted by Crippen LogP contribution is -2.57. The molecule has 0 unspecified atom stereocenters. The summed E-state index contributed by atoms with van der Waals surface area (Å²) in [5, 5.41) is 5.73. The van der Waals surface area contributed by atoms with Gasteiger partial charge in [-0.2, -0.15) is 0 Å². The first-order chi connectivity index (χ1) is 16.6. The minimum Gasteiger partial charge on any atom is -0.496 e. The quantitative estimate of drug-likeness (QED) is 0.580. The van der Waals surface area contributed by atoms with E-state index in [0.29, 0.717) is 24.3 Å². The first-order valence-corrected chi connectivity index (χ1v) is 12.8. The Labute approximate surface area is 211 Å². The highest BCUT2D eigenvalue weighted by Gasteiger charge is 2.57. The van der Waals surface area contributed by atoms with Gasteiger partial charge in [0.05, 0.1) is 7.11 Å². The van der Waals surface area contributed by atoms with Crippen molar-refractivity contribution in [1.82, 2.24) is 15.5 Å². The van der Waals surface area contributed by atoms with Crippen molar-refractivity contribution in [3.8, 4) is 5.75 Å². The smallest absolute Gasteiger partial charge is 0.256 e. The predicted octanol–water partition coefficient (Wildman–Crippen LogP) is 3.89. The number of benzene rings is 2. The Morgan fingerprint density at radius 2 is 1.80 bits per heavy atom. The SMILES string of the molecule is COc1ccccc1CNC(=O)[C@H](CC(C)C)NC(=O)[C@H]1N2C(=O)c3ccccc3[C@@H]2SC1(C)C. The number of hydrogen-bond donors (Lipinski definition) is 2. The van der Waals surface area contributed by atoms with Crippen LogP contribution in [0, 0.1) is 5.92 Å². The number of thioether (sulfide) groups is 1. The van der Waals surface area contributed by atoms with Crippen molar-refractivity contribution < 1.29 is 19.1 Å². The third kappa shape index (κ3) is 4.89. The van der Waals surface area contributed by atoms with Gasteiger partial charge in [0.1, 0.15) is 23.2 Å². The number of methoxy groups -OCH3 is 1. The van der Waals surface area contributed by atoms with Gasteiger partial charge in [-0.25, -0.2) is 0 Å². The number of amides is 3. The molecule has 0 radical (unpaired) electrons. The summed E-state index contributed by atoms with van der Waals surface area (Å²) in [5.41, 5.74) is 2.44. The molecule has 7 nitrogen and oxygen atoms in total. The monoisotopic (exact) mass is 495 g/mol. The summed E-state index contributed by atoms with van der Waals surface area (Å²) in [7, 11) is 1.59. The zero-order valence-corrected chi connectivity index (χ0v) is 21.6. The van der Waals surface area contributed by atoms with Gasteiger partial charge in [0.2, 0.25) is 11.8 Å². The molecular weight excluding hydrogens is 462 g/mol. The maximum atomic E-state index is 13.7. The molecule has 1 saturated heterocycles. The van der Waals surface area contributed by atoms with Crippen molar-refractivity contribution in [3.63, 3.8) is 0 Å². The Bertz CT molecular complexity index is 1130. The number of carbonyl (C=O) groups is 3. The van der Waals surface area contributed by atoms with Crippen LogP contribution in [0.1, 0.15) is 61.0 Å².